The molecule has 0 aliphatic rings. The molecular weight excluding hydrogens is 266 g/mol. The van der Waals surface area contributed by atoms with E-state index in [9.17, 15) is 4.79 Å². The van der Waals surface area contributed by atoms with Crippen molar-refractivity contribution in [3.8, 4) is 5.75 Å². The molecule has 0 aliphatic carbocycles. The zero-order chi connectivity index (χ0) is 15.2. The van der Waals surface area contributed by atoms with Crippen molar-refractivity contribution in [1.29, 1.82) is 0 Å². The Kier molecular flexibility index (Phi) is 4.82. The summed E-state index contributed by atoms with van der Waals surface area (Å²) in [6.07, 6.45) is 0.242. The topological polar surface area (TPSA) is 61.5 Å². The third-order valence-electron chi connectivity index (χ3n) is 3.39. The molecule has 110 valence electrons. The van der Waals surface area contributed by atoms with Gasteiger partial charge in [-0.1, -0.05) is 30.3 Å². The highest BCUT2D eigenvalue weighted by Gasteiger charge is 2.09. The summed E-state index contributed by atoms with van der Waals surface area (Å²) < 4.78 is 10.5. The SMILES string of the molecule is COC(=O)Cc1ccccc1COc1cccc(N)c1C. The fourth-order valence-corrected chi connectivity index (χ4v) is 2.04. The lowest BCUT2D eigenvalue weighted by molar-refractivity contribution is -0.139. The lowest BCUT2D eigenvalue weighted by Gasteiger charge is -2.13. The Morgan fingerprint density at radius 2 is 1.81 bits per heavy atom. The maximum Gasteiger partial charge on any atom is 0.309 e. The van der Waals surface area contributed by atoms with Crippen molar-refractivity contribution in [2.24, 2.45) is 0 Å². The van der Waals surface area contributed by atoms with Gasteiger partial charge in [0.15, 0.2) is 0 Å². The molecule has 0 saturated heterocycles. The van der Waals surface area contributed by atoms with Crippen molar-refractivity contribution in [2.45, 2.75) is 20.0 Å². The third-order valence-corrected chi connectivity index (χ3v) is 3.39. The lowest BCUT2D eigenvalue weighted by atomic mass is 10.1. The van der Waals surface area contributed by atoms with Gasteiger partial charge < -0.3 is 15.2 Å². The van der Waals surface area contributed by atoms with Crippen LogP contribution in [0.25, 0.3) is 0 Å². The molecule has 0 amide bonds. The molecule has 4 heteroatoms. The fourth-order valence-electron chi connectivity index (χ4n) is 2.04. The maximum absolute atomic E-state index is 11.4. The first-order chi connectivity index (χ1) is 10.1. The van der Waals surface area contributed by atoms with E-state index in [0.717, 1.165) is 22.4 Å². The summed E-state index contributed by atoms with van der Waals surface area (Å²) in [5.74, 6) is 0.491. The van der Waals surface area contributed by atoms with Crippen molar-refractivity contribution in [2.75, 3.05) is 12.8 Å². The number of methoxy groups -OCH3 is 1. The summed E-state index contributed by atoms with van der Waals surface area (Å²) in [5, 5.41) is 0. The highest BCUT2D eigenvalue weighted by atomic mass is 16.5. The Hall–Kier alpha value is -2.49. The van der Waals surface area contributed by atoms with Crippen molar-refractivity contribution in [3.63, 3.8) is 0 Å². The number of hydrogen-bond acceptors (Lipinski definition) is 4. The minimum atomic E-state index is -0.261. The fraction of sp³-hybridized carbons (Fsp3) is 0.235. The standard InChI is InChI=1S/C17H19NO3/c1-12-15(18)8-5-9-16(12)21-11-14-7-4-3-6-13(14)10-17(19)20-2/h3-9H,10-11,18H2,1-2H3. The second kappa shape index (κ2) is 6.79. The van der Waals surface area contributed by atoms with E-state index >= 15 is 0 Å². The molecule has 0 aromatic heterocycles. The first-order valence-corrected chi connectivity index (χ1v) is 6.73. The molecule has 2 aromatic rings. The van der Waals surface area contributed by atoms with Crippen LogP contribution in [0, 0.1) is 6.92 Å². The average molecular weight is 285 g/mol. The number of esters is 1. The van der Waals surface area contributed by atoms with Gasteiger partial charge in [0.05, 0.1) is 13.5 Å². The summed E-state index contributed by atoms with van der Waals surface area (Å²) in [6.45, 7) is 2.31. The van der Waals surface area contributed by atoms with Crippen LogP contribution in [0.15, 0.2) is 42.5 Å². The molecule has 0 heterocycles. The van der Waals surface area contributed by atoms with Gasteiger partial charge in [0, 0.05) is 11.3 Å². The van der Waals surface area contributed by atoms with Gasteiger partial charge in [-0.3, -0.25) is 4.79 Å². The van der Waals surface area contributed by atoms with Crippen LogP contribution < -0.4 is 10.5 Å². The molecular formula is C17H19NO3. The second-order valence-electron chi connectivity index (χ2n) is 4.78. The van der Waals surface area contributed by atoms with Gasteiger partial charge in [-0.15, -0.1) is 0 Å². The molecule has 2 rings (SSSR count). The number of anilines is 1. The summed E-state index contributed by atoms with van der Waals surface area (Å²) in [4.78, 5) is 11.4. The Morgan fingerprint density at radius 1 is 1.10 bits per heavy atom. The van der Waals surface area contributed by atoms with Crippen LogP contribution in [0.3, 0.4) is 0 Å². The largest absolute Gasteiger partial charge is 0.489 e. The summed E-state index contributed by atoms with van der Waals surface area (Å²) in [7, 11) is 1.39. The van der Waals surface area contributed by atoms with Crippen molar-refractivity contribution in [3.05, 3.63) is 59.2 Å². The molecule has 0 radical (unpaired) electrons. The van der Waals surface area contributed by atoms with E-state index in [4.69, 9.17) is 15.2 Å². The number of nitrogens with two attached hydrogens (primary N) is 1. The average Bonchev–Trinajstić information content (AvgIpc) is 2.50. The van der Waals surface area contributed by atoms with Crippen LogP contribution in [0.4, 0.5) is 5.69 Å². The smallest absolute Gasteiger partial charge is 0.309 e. The van der Waals surface area contributed by atoms with Gasteiger partial charge in [-0.2, -0.15) is 0 Å². The minimum absolute atomic E-state index is 0.242. The molecule has 0 saturated carbocycles. The predicted molar refractivity (Wildman–Crippen MR) is 82.1 cm³/mol. The highest BCUT2D eigenvalue weighted by Crippen LogP contribution is 2.24. The molecule has 21 heavy (non-hydrogen) atoms. The van der Waals surface area contributed by atoms with E-state index in [-0.39, 0.29) is 12.4 Å². The maximum atomic E-state index is 11.4. The van der Waals surface area contributed by atoms with E-state index in [0.29, 0.717) is 12.3 Å². The molecule has 0 bridgehead atoms. The van der Waals surface area contributed by atoms with Gasteiger partial charge in [0.2, 0.25) is 0 Å². The molecule has 0 aliphatic heterocycles. The third kappa shape index (κ3) is 3.75. The molecule has 0 atom stereocenters. The van der Waals surface area contributed by atoms with Crippen LogP contribution in [0.1, 0.15) is 16.7 Å². The van der Waals surface area contributed by atoms with Crippen molar-refractivity contribution >= 4 is 11.7 Å². The number of carbonyl (C=O) groups excluding carboxylic acids is 1. The van der Waals surface area contributed by atoms with Gasteiger partial charge >= 0.3 is 5.97 Å². The van der Waals surface area contributed by atoms with E-state index in [1.165, 1.54) is 7.11 Å². The number of ether oxygens (including phenoxy) is 2. The zero-order valence-electron chi connectivity index (χ0n) is 12.3. The van der Waals surface area contributed by atoms with Crippen molar-refractivity contribution in [1.82, 2.24) is 0 Å². The number of carbonyl (C=O) groups is 1. The van der Waals surface area contributed by atoms with Gasteiger partial charge in [-0.25, -0.2) is 0 Å². The van der Waals surface area contributed by atoms with Crippen molar-refractivity contribution < 1.29 is 14.3 Å². The first-order valence-electron chi connectivity index (χ1n) is 6.73. The predicted octanol–water partition coefficient (Wildman–Crippen LogP) is 2.87. The molecule has 2 N–H and O–H groups in total. The normalized spacial score (nSPS) is 10.2. The summed E-state index contributed by atoms with van der Waals surface area (Å²) in [6, 6.07) is 13.3. The lowest BCUT2D eigenvalue weighted by Crippen LogP contribution is -2.08. The minimum Gasteiger partial charge on any atom is -0.489 e. The molecule has 2 aromatic carbocycles. The van der Waals surface area contributed by atoms with Crippen LogP contribution in [0.2, 0.25) is 0 Å². The van der Waals surface area contributed by atoms with Gasteiger partial charge in [-0.05, 0) is 30.2 Å². The molecule has 0 fully saturated rings. The van der Waals surface area contributed by atoms with E-state index in [2.05, 4.69) is 0 Å². The number of benzene rings is 2. The van der Waals surface area contributed by atoms with Crippen LogP contribution >= 0.6 is 0 Å². The van der Waals surface area contributed by atoms with Gasteiger partial charge in [0.25, 0.3) is 0 Å². The van der Waals surface area contributed by atoms with E-state index in [1.54, 1.807) is 0 Å². The van der Waals surface area contributed by atoms with Crippen LogP contribution in [-0.2, 0) is 22.6 Å². The summed E-state index contributed by atoms with van der Waals surface area (Å²) in [5.41, 5.74) is 9.36. The quantitative estimate of drug-likeness (QED) is 0.678. The second-order valence-corrected chi connectivity index (χ2v) is 4.78. The number of rotatable bonds is 5. The Morgan fingerprint density at radius 3 is 2.52 bits per heavy atom. The summed E-state index contributed by atoms with van der Waals surface area (Å²) >= 11 is 0. The Balaban J connectivity index is 2.13. The monoisotopic (exact) mass is 285 g/mol. The Labute approximate surface area is 124 Å². The number of hydrogen-bond donors (Lipinski definition) is 1. The highest BCUT2D eigenvalue weighted by molar-refractivity contribution is 5.72. The molecule has 4 nitrogen and oxygen atoms in total. The van der Waals surface area contributed by atoms with Crippen LogP contribution in [0.5, 0.6) is 5.75 Å². The van der Waals surface area contributed by atoms with E-state index < -0.39 is 0 Å². The molecule has 0 spiro atoms. The van der Waals surface area contributed by atoms with Crippen LogP contribution in [-0.4, -0.2) is 13.1 Å². The Bertz CT molecular complexity index is 638. The zero-order valence-corrected chi connectivity index (χ0v) is 12.3. The van der Waals surface area contributed by atoms with E-state index in [1.807, 2.05) is 49.4 Å². The number of nitrogen functional groups attached to an aromatic ring is 1. The molecule has 0 unspecified atom stereocenters. The first kappa shape index (κ1) is 14.9. The van der Waals surface area contributed by atoms with Gasteiger partial charge in [0.1, 0.15) is 12.4 Å².